The molecule has 0 saturated carbocycles. The van der Waals surface area contributed by atoms with Crippen molar-refractivity contribution < 1.29 is 14.9 Å². The predicted molar refractivity (Wildman–Crippen MR) is 40.9 cm³/mol. The predicted octanol–water partition coefficient (Wildman–Crippen LogP) is 0.278. The van der Waals surface area contributed by atoms with E-state index in [2.05, 4.69) is 6.58 Å². The molecule has 1 aliphatic rings. The lowest BCUT2D eigenvalue weighted by atomic mass is 10.0. The van der Waals surface area contributed by atoms with Crippen molar-refractivity contribution in [3.05, 3.63) is 12.3 Å². The molecular weight excluding hydrogens is 144 g/mol. The van der Waals surface area contributed by atoms with Crippen molar-refractivity contribution in [3.63, 3.8) is 0 Å². The van der Waals surface area contributed by atoms with Crippen LogP contribution in [0, 0.1) is 5.92 Å². The highest BCUT2D eigenvalue weighted by molar-refractivity contribution is 4.98. The number of rotatable bonds is 2. The average molecular weight is 158 g/mol. The molecule has 0 radical (unpaired) electrons. The molecule has 3 heteroatoms. The molecule has 1 heterocycles. The van der Waals surface area contributed by atoms with Crippen LogP contribution in [0.25, 0.3) is 0 Å². The molecule has 1 saturated heterocycles. The van der Waals surface area contributed by atoms with Crippen LogP contribution in [0.1, 0.15) is 13.3 Å². The molecule has 1 rings (SSSR count). The maximum Gasteiger partial charge on any atom is 0.127 e. The highest BCUT2D eigenvalue weighted by atomic mass is 16.5. The van der Waals surface area contributed by atoms with Crippen LogP contribution >= 0.6 is 0 Å². The second-order valence-corrected chi connectivity index (χ2v) is 3.01. The van der Waals surface area contributed by atoms with Crippen LogP contribution < -0.4 is 0 Å². The van der Waals surface area contributed by atoms with Gasteiger partial charge in [-0.25, -0.2) is 0 Å². The molecule has 2 N–H and O–H groups in total. The van der Waals surface area contributed by atoms with Crippen LogP contribution in [-0.2, 0) is 4.74 Å². The maximum atomic E-state index is 9.18. The zero-order valence-electron chi connectivity index (χ0n) is 6.66. The number of aliphatic hydroxyl groups is 2. The lowest BCUT2D eigenvalue weighted by Crippen LogP contribution is -2.28. The Hall–Kier alpha value is -0.540. The van der Waals surface area contributed by atoms with Crippen molar-refractivity contribution in [2.24, 2.45) is 5.92 Å². The van der Waals surface area contributed by atoms with Crippen molar-refractivity contribution in [1.29, 1.82) is 0 Å². The molecule has 0 bridgehead atoms. The fraction of sp³-hybridized carbons (Fsp3) is 0.750. The third-order valence-electron chi connectivity index (χ3n) is 2.05. The van der Waals surface area contributed by atoms with Crippen LogP contribution in [0.4, 0.5) is 0 Å². The van der Waals surface area contributed by atoms with E-state index < -0.39 is 6.10 Å². The highest BCUT2D eigenvalue weighted by Crippen LogP contribution is 2.29. The Morgan fingerprint density at radius 2 is 2.45 bits per heavy atom. The summed E-state index contributed by atoms with van der Waals surface area (Å²) in [5.74, 6) is 1.00. The monoisotopic (exact) mass is 158 g/mol. The SMILES string of the molecule is C=C1OC(C(O)CO)CC1C. The topological polar surface area (TPSA) is 49.7 Å². The van der Waals surface area contributed by atoms with Gasteiger partial charge in [0.05, 0.1) is 12.4 Å². The Morgan fingerprint density at radius 3 is 2.82 bits per heavy atom. The van der Waals surface area contributed by atoms with E-state index in [-0.39, 0.29) is 12.7 Å². The first kappa shape index (κ1) is 8.56. The van der Waals surface area contributed by atoms with Gasteiger partial charge in [-0.15, -0.1) is 0 Å². The van der Waals surface area contributed by atoms with Crippen molar-refractivity contribution in [2.75, 3.05) is 6.61 Å². The van der Waals surface area contributed by atoms with E-state index in [4.69, 9.17) is 9.84 Å². The van der Waals surface area contributed by atoms with Crippen LogP contribution in [0.15, 0.2) is 12.3 Å². The number of ether oxygens (including phenoxy) is 1. The minimum atomic E-state index is -0.767. The highest BCUT2D eigenvalue weighted by Gasteiger charge is 2.31. The molecule has 0 aromatic carbocycles. The molecule has 0 aromatic heterocycles. The Kier molecular flexibility index (Phi) is 2.52. The zero-order chi connectivity index (χ0) is 8.43. The van der Waals surface area contributed by atoms with Crippen LogP contribution in [0.2, 0.25) is 0 Å². The maximum absolute atomic E-state index is 9.18. The smallest absolute Gasteiger partial charge is 0.127 e. The van der Waals surface area contributed by atoms with Gasteiger partial charge < -0.3 is 14.9 Å². The summed E-state index contributed by atoms with van der Waals surface area (Å²) < 4.78 is 5.22. The van der Waals surface area contributed by atoms with Gasteiger partial charge in [0, 0.05) is 5.92 Å². The molecule has 1 aliphatic heterocycles. The molecular formula is C8H14O3. The van der Waals surface area contributed by atoms with E-state index in [1.54, 1.807) is 0 Å². The van der Waals surface area contributed by atoms with Crippen molar-refractivity contribution >= 4 is 0 Å². The van der Waals surface area contributed by atoms with Crippen molar-refractivity contribution in [2.45, 2.75) is 25.6 Å². The Labute approximate surface area is 66.3 Å². The molecule has 3 atom stereocenters. The van der Waals surface area contributed by atoms with E-state index in [9.17, 15) is 5.11 Å². The normalized spacial score (nSPS) is 33.5. The summed E-state index contributed by atoms with van der Waals surface area (Å²) in [6.45, 7) is 5.43. The van der Waals surface area contributed by atoms with Gasteiger partial charge in [0.2, 0.25) is 0 Å². The fourth-order valence-electron chi connectivity index (χ4n) is 1.19. The molecule has 0 aliphatic carbocycles. The van der Waals surface area contributed by atoms with E-state index in [0.717, 1.165) is 6.42 Å². The van der Waals surface area contributed by atoms with Crippen molar-refractivity contribution in [1.82, 2.24) is 0 Å². The third kappa shape index (κ3) is 1.73. The first-order valence-electron chi connectivity index (χ1n) is 3.79. The van der Waals surface area contributed by atoms with Crippen LogP contribution in [0.5, 0.6) is 0 Å². The van der Waals surface area contributed by atoms with Gasteiger partial charge in [-0.3, -0.25) is 0 Å². The quantitative estimate of drug-likeness (QED) is 0.606. The number of hydrogen-bond acceptors (Lipinski definition) is 3. The minimum Gasteiger partial charge on any atom is -0.492 e. The van der Waals surface area contributed by atoms with E-state index in [1.807, 2.05) is 6.92 Å². The van der Waals surface area contributed by atoms with Gasteiger partial charge >= 0.3 is 0 Å². The lowest BCUT2D eigenvalue weighted by Gasteiger charge is -2.14. The zero-order valence-corrected chi connectivity index (χ0v) is 6.66. The molecule has 3 unspecified atom stereocenters. The van der Waals surface area contributed by atoms with Gasteiger partial charge in [0.1, 0.15) is 12.2 Å². The van der Waals surface area contributed by atoms with Crippen LogP contribution in [0.3, 0.4) is 0 Å². The van der Waals surface area contributed by atoms with E-state index >= 15 is 0 Å². The second-order valence-electron chi connectivity index (χ2n) is 3.01. The van der Waals surface area contributed by atoms with Gasteiger partial charge in [0.25, 0.3) is 0 Å². The molecule has 0 amide bonds. The van der Waals surface area contributed by atoms with Gasteiger partial charge in [-0.1, -0.05) is 13.5 Å². The van der Waals surface area contributed by atoms with Gasteiger partial charge in [-0.05, 0) is 6.42 Å². The summed E-state index contributed by atoms with van der Waals surface area (Å²) in [6, 6.07) is 0. The molecule has 64 valence electrons. The third-order valence-corrected chi connectivity index (χ3v) is 2.05. The molecule has 0 aromatic rings. The Morgan fingerprint density at radius 1 is 1.82 bits per heavy atom. The molecule has 11 heavy (non-hydrogen) atoms. The van der Waals surface area contributed by atoms with E-state index in [0.29, 0.717) is 11.7 Å². The van der Waals surface area contributed by atoms with Crippen molar-refractivity contribution in [3.8, 4) is 0 Å². The number of hydrogen-bond donors (Lipinski definition) is 2. The second kappa shape index (κ2) is 3.24. The standard InChI is InChI=1S/C8H14O3/c1-5-3-8(7(10)4-9)11-6(5)2/h5,7-10H,2-4H2,1H3. The summed E-state index contributed by atoms with van der Waals surface area (Å²) in [5.41, 5.74) is 0. The summed E-state index contributed by atoms with van der Waals surface area (Å²) in [6.07, 6.45) is -0.278. The minimum absolute atomic E-state index is 0.245. The first-order valence-corrected chi connectivity index (χ1v) is 3.79. The van der Waals surface area contributed by atoms with E-state index in [1.165, 1.54) is 0 Å². The largest absolute Gasteiger partial charge is 0.492 e. The summed E-state index contributed by atoms with van der Waals surface area (Å²) in [7, 11) is 0. The Balaban J connectivity index is 2.46. The van der Waals surface area contributed by atoms with Gasteiger partial charge in [-0.2, -0.15) is 0 Å². The first-order chi connectivity index (χ1) is 5.15. The average Bonchev–Trinajstić information content (AvgIpc) is 2.31. The lowest BCUT2D eigenvalue weighted by molar-refractivity contribution is -0.0117. The fourth-order valence-corrected chi connectivity index (χ4v) is 1.19. The molecule has 3 nitrogen and oxygen atoms in total. The van der Waals surface area contributed by atoms with Crippen LogP contribution in [-0.4, -0.2) is 29.0 Å². The molecule has 1 fully saturated rings. The summed E-state index contributed by atoms with van der Waals surface area (Å²) in [5, 5.41) is 17.8. The number of allylic oxidation sites excluding steroid dienone is 1. The summed E-state index contributed by atoms with van der Waals surface area (Å²) in [4.78, 5) is 0. The van der Waals surface area contributed by atoms with Gasteiger partial charge in [0.15, 0.2) is 0 Å². The Bertz CT molecular complexity index is 155. The number of aliphatic hydroxyl groups excluding tert-OH is 2. The molecule has 0 spiro atoms. The summed E-state index contributed by atoms with van der Waals surface area (Å²) >= 11 is 0.